The van der Waals surface area contributed by atoms with Crippen LogP contribution in [0.1, 0.15) is 33.6 Å². The van der Waals surface area contributed by atoms with Crippen molar-refractivity contribution < 1.29 is 14.3 Å². The molecule has 0 saturated carbocycles. The Morgan fingerprint density at radius 1 is 1.31 bits per heavy atom. The van der Waals surface area contributed by atoms with Gasteiger partial charge in [0, 0.05) is 0 Å². The van der Waals surface area contributed by atoms with Crippen LogP contribution in [0.25, 0.3) is 0 Å². The second-order valence-corrected chi connectivity index (χ2v) is 5.26. The summed E-state index contributed by atoms with van der Waals surface area (Å²) >= 11 is 0. The molecule has 2 aliphatic rings. The summed E-state index contributed by atoms with van der Waals surface area (Å²) < 4.78 is 10.8. The third-order valence-corrected chi connectivity index (χ3v) is 3.30. The van der Waals surface area contributed by atoms with E-state index < -0.39 is 0 Å². The number of carbonyl (C=O) groups excluding carboxylic acids is 1. The molecule has 0 aromatic rings. The van der Waals surface area contributed by atoms with Crippen LogP contribution >= 0.6 is 0 Å². The molecule has 0 N–H and O–H groups in total. The average Bonchev–Trinajstić information content (AvgIpc) is 2.14. The maximum Gasteiger partial charge on any atom is 0.410 e. The molecule has 2 aliphatic heterocycles. The number of nitrogens with zero attached hydrogens (tertiary/aromatic N) is 1. The molecule has 92 valence electrons. The number of ether oxygens (including phenoxy) is 2. The number of fused-ring (bicyclic) bond motifs is 2. The number of piperidine rings is 1. The van der Waals surface area contributed by atoms with E-state index in [-0.39, 0.29) is 24.3 Å². The van der Waals surface area contributed by atoms with Crippen molar-refractivity contribution in [2.45, 2.75) is 51.8 Å². The molecule has 4 nitrogen and oxygen atoms in total. The summed E-state index contributed by atoms with van der Waals surface area (Å²) in [5.41, 5.74) is 0. The number of hydrogen-bond acceptors (Lipinski definition) is 3. The zero-order valence-electron chi connectivity index (χ0n) is 10.3. The molecular formula is C12H21NO3. The van der Waals surface area contributed by atoms with Crippen molar-refractivity contribution in [1.82, 2.24) is 4.90 Å². The first-order valence-corrected chi connectivity index (χ1v) is 6.14. The smallest absolute Gasteiger partial charge is 0.410 e. The van der Waals surface area contributed by atoms with Crippen LogP contribution in [-0.2, 0) is 9.47 Å². The van der Waals surface area contributed by atoms with Gasteiger partial charge in [-0.3, -0.25) is 4.90 Å². The molecule has 2 atom stereocenters. The van der Waals surface area contributed by atoms with E-state index >= 15 is 0 Å². The number of hydrogen-bond donors (Lipinski definition) is 0. The molecule has 2 bridgehead atoms. The SMILES string of the molecule is CC1CC2COCC(C1)N2C(=O)OC(C)C. The summed E-state index contributed by atoms with van der Waals surface area (Å²) in [6, 6.07) is 0.433. The first-order chi connectivity index (χ1) is 7.58. The van der Waals surface area contributed by atoms with Crippen LogP contribution in [0.2, 0.25) is 0 Å². The zero-order chi connectivity index (χ0) is 11.7. The summed E-state index contributed by atoms with van der Waals surface area (Å²) in [7, 11) is 0. The molecule has 2 heterocycles. The van der Waals surface area contributed by atoms with E-state index in [9.17, 15) is 4.79 Å². The largest absolute Gasteiger partial charge is 0.447 e. The lowest BCUT2D eigenvalue weighted by Crippen LogP contribution is -2.59. The minimum Gasteiger partial charge on any atom is -0.447 e. The summed E-state index contributed by atoms with van der Waals surface area (Å²) in [6.07, 6.45) is 1.85. The fraction of sp³-hybridized carbons (Fsp3) is 0.917. The molecule has 2 saturated heterocycles. The molecule has 0 spiro atoms. The van der Waals surface area contributed by atoms with Crippen LogP contribution in [0, 0.1) is 5.92 Å². The minimum absolute atomic E-state index is 0.0477. The molecule has 2 rings (SSSR count). The van der Waals surface area contributed by atoms with E-state index in [1.54, 1.807) is 0 Å². The van der Waals surface area contributed by atoms with Crippen LogP contribution in [0.3, 0.4) is 0 Å². The number of amides is 1. The van der Waals surface area contributed by atoms with Gasteiger partial charge in [-0.15, -0.1) is 0 Å². The molecule has 0 aliphatic carbocycles. The highest BCUT2D eigenvalue weighted by molar-refractivity contribution is 5.69. The van der Waals surface area contributed by atoms with E-state index in [4.69, 9.17) is 9.47 Å². The Morgan fingerprint density at radius 3 is 2.38 bits per heavy atom. The van der Waals surface area contributed by atoms with Gasteiger partial charge in [-0.25, -0.2) is 4.79 Å². The Balaban J connectivity index is 2.05. The van der Waals surface area contributed by atoms with Gasteiger partial charge in [0.1, 0.15) is 0 Å². The first kappa shape index (κ1) is 11.7. The highest BCUT2D eigenvalue weighted by Crippen LogP contribution is 2.31. The Morgan fingerprint density at radius 2 is 1.88 bits per heavy atom. The molecule has 0 aromatic heterocycles. The lowest BCUT2D eigenvalue weighted by atomic mass is 9.87. The lowest BCUT2D eigenvalue weighted by Gasteiger charge is -2.47. The van der Waals surface area contributed by atoms with Gasteiger partial charge in [-0.1, -0.05) is 6.92 Å². The number of morpholine rings is 1. The maximum atomic E-state index is 12.0. The van der Waals surface area contributed by atoms with Gasteiger partial charge >= 0.3 is 6.09 Å². The van der Waals surface area contributed by atoms with E-state index in [0.29, 0.717) is 19.1 Å². The van der Waals surface area contributed by atoms with Gasteiger partial charge in [0.2, 0.25) is 0 Å². The minimum atomic E-state index is -0.166. The lowest BCUT2D eigenvalue weighted by molar-refractivity contribution is -0.0797. The topological polar surface area (TPSA) is 38.8 Å². The molecule has 0 radical (unpaired) electrons. The average molecular weight is 227 g/mol. The molecule has 2 fully saturated rings. The van der Waals surface area contributed by atoms with Crippen molar-refractivity contribution in [3.05, 3.63) is 0 Å². The number of rotatable bonds is 1. The van der Waals surface area contributed by atoms with E-state index in [2.05, 4.69) is 6.92 Å². The van der Waals surface area contributed by atoms with E-state index in [1.807, 2.05) is 18.7 Å². The summed E-state index contributed by atoms with van der Waals surface area (Å²) in [5.74, 6) is 0.682. The highest BCUT2D eigenvalue weighted by Gasteiger charge is 2.41. The third kappa shape index (κ3) is 2.32. The van der Waals surface area contributed by atoms with Gasteiger partial charge in [-0.2, -0.15) is 0 Å². The van der Waals surface area contributed by atoms with Crippen LogP contribution in [0.15, 0.2) is 0 Å². The number of carbonyl (C=O) groups is 1. The van der Waals surface area contributed by atoms with Gasteiger partial charge in [0.15, 0.2) is 0 Å². The zero-order valence-corrected chi connectivity index (χ0v) is 10.3. The van der Waals surface area contributed by atoms with Crippen molar-refractivity contribution in [2.24, 2.45) is 5.92 Å². The Labute approximate surface area is 96.9 Å². The van der Waals surface area contributed by atoms with Crippen LogP contribution in [0.4, 0.5) is 4.79 Å². The van der Waals surface area contributed by atoms with Crippen LogP contribution < -0.4 is 0 Å². The summed E-state index contributed by atoms with van der Waals surface area (Å²) in [4.78, 5) is 13.9. The molecule has 16 heavy (non-hydrogen) atoms. The van der Waals surface area contributed by atoms with Crippen molar-refractivity contribution in [2.75, 3.05) is 13.2 Å². The molecule has 1 amide bonds. The Hall–Kier alpha value is -0.770. The van der Waals surface area contributed by atoms with Crippen LogP contribution in [-0.4, -0.2) is 42.4 Å². The molecule has 2 unspecified atom stereocenters. The van der Waals surface area contributed by atoms with E-state index in [1.165, 1.54) is 0 Å². The first-order valence-electron chi connectivity index (χ1n) is 6.14. The van der Waals surface area contributed by atoms with Gasteiger partial charge in [-0.05, 0) is 32.6 Å². The predicted molar refractivity (Wildman–Crippen MR) is 60.2 cm³/mol. The fourth-order valence-corrected chi connectivity index (χ4v) is 2.75. The summed E-state index contributed by atoms with van der Waals surface area (Å²) in [6.45, 7) is 7.34. The second kappa shape index (κ2) is 4.62. The van der Waals surface area contributed by atoms with Crippen molar-refractivity contribution >= 4 is 6.09 Å². The van der Waals surface area contributed by atoms with Crippen molar-refractivity contribution in [3.63, 3.8) is 0 Å². The second-order valence-electron chi connectivity index (χ2n) is 5.26. The molecule has 4 heteroatoms. The molecular weight excluding hydrogens is 206 g/mol. The van der Waals surface area contributed by atoms with Crippen LogP contribution in [0.5, 0.6) is 0 Å². The standard InChI is InChI=1S/C12H21NO3/c1-8(2)16-12(14)13-10-4-9(3)5-11(13)7-15-6-10/h8-11H,4-7H2,1-3H3. The van der Waals surface area contributed by atoms with Gasteiger partial charge in [0.05, 0.1) is 31.4 Å². The fourth-order valence-electron chi connectivity index (χ4n) is 2.75. The summed E-state index contributed by atoms with van der Waals surface area (Å²) in [5, 5.41) is 0. The maximum absolute atomic E-state index is 12.0. The van der Waals surface area contributed by atoms with Gasteiger partial charge < -0.3 is 9.47 Å². The molecule has 0 aromatic carbocycles. The van der Waals surface area contributed by atoms with Gasteiger partial charge in [0.25, 0.3) is 0 Å². The third-order valence-electron chi connectivity index (χ3n) is 3.30. The van der Waals surface area contributed by atoms with E-state index in [0.717, 1.165) is 12.8 Å². The highest BCUT2D eigenvalue weighted by atomic mass is 16.6. The van der Waals surface area contributed by atoms with Crippen molar-refractivity contribution in [3.8, 4) is 0 Å². The normalized spacial score (nSPS) is 34.0. The monoisotopic (exact) mass is 227 g/mol. The Kier molecular flexibility index (Phi) is 3.38. The Bertz CT molecular complexity index is 253. The van der Waals surface area contributed by atoms with Crippen molar-refractivity contribution in [1.29, 1.82) is 0 Å². The quantitative estimate of drug-likeness (QED) is 0.688. The predicted octanol–water partition coefficient (Wildman–Crippen LogP) is 2.03.